The van der Waals surface area contributed by atoms with Crippen LogP contribution in [0.15, 0.2) is 29.4 Å². The summed E-state index contributed by atoms with van der Waals surface area (Å²) in [4.78, 5) is 1.74. The summed E-state index contributed by atoms with van der Waals surface area (Å²) < 4.78 is 7.88. The highest BCUT2D eigenvalue weighted by molar-refractivity contribution is 7.99. The first-order valence-electron chi connectivity index (χ1n) is 8.76. The van der Waals surface area contributed by atoms with Crippen molar-refractivity contribution in [3.05, 3.63) is 35.7 Å². The lowest BCUT2D eigenvalue weighted by Gasteiger charge is -2.23. The fourth-order valence-electron chi connectivity index (χ4n) is 3.04. The highest BCUT2D eigenvalue weighted by Crippen LogP contribution is 2.17. The second-order valence-electron chi connectivity index (χ2n) is 6.47. The van der Waals surface area contributed by atoms with Crippen molar-refractivity contribution in [2.45, 2.75) is 37.9 Å². The first-order valence-corrected chi connectivity index (χ1v) is 9.75. The first-order chi connectivity index (χ1) is 11.7. The van der Waals surface area contributed by atoms with Gasteiger partial charge in [0.05, 0.1) is 25.4 Å². The van der Waals surface area contributed by atoms with Crippen LogP contribution >= 0.6 is 11.8 Å². The largest absolute Gasteiger partial charge is 0.486 e. The number of hydrogen-bond donors (Lipinski definition) is 1. The number of nitrogens with zero attached hydrogens (tertiary/aromatic N) is 3. The van der Waals surface area contributed by atoms with E-state index in [1.165, 1.54) is 44.5 Å². The molecule has 0 bridgehead atoms. The fraction of sp³-hybridized carbons (Fsp3) is 0.556. The van der Waals surface area contributed by atoms with Gasteiger partial charge in [-0.2, -0.15) is 0 Å². The Hall–Kier alpha value is -1.53. The van der Waals surface area contributed by atoms with Crippen LogP contribution in [0.4, 0.5) is 0 Å². The fourth-order valence-corrected chi connectivity index (χ4v) is 4.01. The average Bonchev–Trinajstić information content (AvgIpc) is 2.94. The van der Waals surface area contributed by atoms with E-state index in [1.807, 2.05) is 29.8 Å². The third-order valence-electron chi connectivity index (χ3n) is 4.53. The van der Waals surface area contributed by atoms with Crippen molar-refractivity contribution in [3.8, 4) is 5.75 Å². The van der Waals surface area contributed by atoms with Gasteiger partial charge in [0.15, 0.2) is 11.0 Å². The minimum absolute atomic E-state index is 0.449. The maximum atomic E-state index is 5.83. The Kier molecular flexibility index (Phi) is 6.15. The van der Waals surface area contributed by atoms with Crippen molar-refractivity contribution in [1.29, 1.82) is 0 Å². The molecule has 0 aliphatic carbocycles. The van der Waals surface area contributed by atoms with Crippen LogP contribution in [0.2, 0.25) is 0 Å². The van der Waals surface area contributed by atoms with E-state index in [0.29, 0.717) is 6.61 Å². The molecule has 1 aromatic heterocycles. The number of hydrogen-bond acceptors (Lipinski definition) is 4. The summed E-state index contributed by atoms with van der Waals surface area (Å²) in [5, 5.41) is 9.57. The summed E-state index contributed by atoms with van der Waals surface area (Å²) in [6.07, 6.45) is 4.17. The van der Waals surface area contributed by atoms with Gasteiger partial charge >= 0.3 is 0 Å². The molecule has 0 amide bonds. The van der Waals surface area contributed by atoms with Crippen molar-refractivity contribution in [2.24, 2.45) is 7.05 Å². The van der Waals surface area contributed by atoms with Gasteiger partial charge in [-0.15, -0.1) is 10.2 Å². The molecule has 1 saturated heterocycles. The molecule has 6 heteroatoms. The Morgan fingerprint density at radius 1 is 1.21 bits per heavy atom. The van der Waals surface area contributed by atoms with Gasteiger partial charge in [0.2, 0.25) is 0 Å². The number of rotatable bonds is 7. The van der Waals surface area contributed by atoms with Crippen LogP contribution in [-0.2, 0) is 13.7 Å². The molecule has 0 saturated carbocycles. The molecule has 1 aliphatic rings. The van der Waals surface area contributed by atoms with Crippen LogP contribution in [0.3, 0.4) is 0 Å². The van der Waals surface area contributed by atoms with Crippen LogP contribution in [0.1, 0.15) is 30.7 Å². The van der Waals surface area contributed by atoms with E-state index in [4.69, 9.17) is 4.74 Å². The second kappa shape index (κ2) is 8.53. The zero-order valence-corrected chi connectivity index (χ0v) is 15.4. The number of aryl methyl sites for hydroxylation is 1. The lowest BCUT2D eigenvalue weighted by atomic mass is 10.1. The highest BCUT2D eigenvalue weighted by Gasteiger charge is 2.15. The van der Waals surface area contributed by atoms with Gasteiger partial charge in [-0.1, -0.05) is 23.9 Å². The molecule has 0 spiro atoms. The first kappa shape index (κ1) is 17.3. The number of likely N-dealkylation sites (tertiary alicyclic amines) is 1. The third kappa shape index (κ3) is 4.74. The number of benzene rings is 1. The van der Waals surface area contributed by atoms with Crippen molar-refractivity contribution in [3.63, 3.8) is 0 Å². The monoisotopic (exact) mass is 347 g/mol. The van der Waals surface area contributed by atoms with Crippen LogP contribution in [0.25, 0.3) is 0 Å². The molecule has 0 atom stereocenters. The van der Waals surface area contributed by atoms with E-state index in [0.717, 1.165) is 22.5 Å². The van der Waals surface area contributed by atoms with Gasteiger partial charge in [0.1, 0.15) is 12.4 Å². The topological polar surface area (TPSA) is 44.4 Å². The predicted molar refractivity (Wildman–Crippen MR) is 96.7 cm³/mol. The van der Waals surface area contributed by atoms with Crippen molar-refractivity contribution in [1.82, 2.24) is 14.8 Å². The molecule has 3 rings (SSSR count). The second-order valence-corrected chi connectivity index (χ2v) is 7.53. The quantitative estimate of drug-likeness (QED) is 0.777. The van der Waals surface area contributed by atoms with Crippen LogP contribution in [0, 0.1) is 6.92 Å². The SMILES string of the molecule is Cc1cccc(OCc2nnc(SCC[NH+]3CCCCC3)n2C)c1. The van der Waals surface area contributed by atoms with Crippen molar-refractivity contribution < 1.29 is 9.64 Å². The zero-order valence-electron chi connectivity index (χ0n) is 14.6. The predicted octanol–water partition coefficient (Wildman–Crippen LogP) is 1.86. The lowest BCUT2D eigenvalue weighted by Crippen LogP contribution is -3.13. The van der Waals surface area contributed by atoms with Crippen LogP contribution in [0.5, 0.6) is 5.75 Å². The highest BCUT2D eigenvalue weighted by atomic mass is 32.2. The zero-order chi connectivity index (χ0) is 16.8. The van der Waals surface area contributed by atoms with E-state index >= 15 is 0 Å². The summed E-state index contributed by atoms with van der Waals surface area (Å²) in [5.74, 6) is 2.84. The number of nitrogens with one attached hydrogen (secondary N) is 1. The molecule has 1 aliphatic heterocycles. The Labute approximate surface area is 148 Å². The van der Waals surface area contributed by atoms with Gasteiger partial charge in [-0.25, -0.2) is 0 Å². The molecular formula is C18H27N4OS+. The van der Waals surface area contributed by atoms with E-state index in [1.54, 1.807) is 16.7 Å². The summed E-state index contributed by atoms with van der Waals surface area (Å²) in [7, 11) is 2.02. The smallest absolute Gasteiger partial charge is 0.191 e. The van der Waals surface area contributed by atoms with Crippen LogP contribution < -0.4 is 9.64 Å². The van der Waals surface area contributed by atoms with Crippen molar-refractivity contribution >= 4 is 11.8 Å². The molecule has 1 aromatic carbocycles. The number of piperidine rings is 1. The summed E-state index contributed by atoms with van der Waals surface area (Å²) >= 11 is 1.80. The van der Waals surface area contributed by atoms with Gasteiger partial charge in [0.25, 0.3) is 0 Å². The standard InChI is InChI=1S/C18H26N4OS/c1-15-7-6-8-16(13-15)23-14-17-19-20-18(21(17)2)24-12-11-22-9-4-3-5-10-22/h6-8,13H,3-5,9-12,14H2,1-2H3/p+1. The Bertz CT molecular complexity index is 652. The van der Waals surface area contributed by atoms with Crippen molar-refractivity contribution in [2.75, 3.05) is 25.4 Å². The van der Waals surface area contributed by atoms with E-state index in [-0.39, 0.29) is 0 Å². The number of aromatic nitrogens is 3. The minimum Gasteiger partial charge on any atom is -0.486 e. The van der Waals surface area contributed by atoms with E-state index in [2.05, 4.69) is 23.2 Å². The molecule has 0 unspecified atom stereocenters. The van der Waals surface area contributed by atoms with Gasteiger partial charge < -0.3 is 14.2 Å². The normalized spacial score (nSPS) is 15.6. The number of thioether (sulfide) groups is 1. The number of quaternary nitrogens is 1. The lowest BCUT2D eigenvalue weighted by molar-refractivity contribution is -0.902. The summed E-state index contributed by atoms with van der Waals surface area (Å²) in [6, 6.07) is 8.08. The average molecular weight is 348 g/mol. The van der Waals surface area contributed by atoms with Crippen LogP contribution in [-0.4, -0.2) is 40.2 Å². The summed E-state index contributed by atoms with van der Waals surface area (Å²) in [6.45, 7) is 6.38. The Morgan fingerprint density at radius 3 is 2.83 bits per heavy atom. The molecule has 1 N–H and O–H groups in total. The molecule has 24 heavy (non-hydrogen) atoms. The molecular weight excluding hydrogens is 320 g/mol. The third-order valence-corrected chi connectivity index (χ3v) is 5.55. The molecule has 5 nitrogen and oxygen atoms in total. The Balaban J connectivity index is 1.48. The minimum atomic E-state index is 0.449. The molecule has 0 radical (unpaired) electrons. The van der Waals surface area contributed by atoms with E-state index in [9.17, 15) is 0 Å². The van der Waals surface area contributed by atoms with Gasteiger partial charge in [0, 0.05) is 7.05 Å². The molecule has 2 heterocycles. The molecule has 1 fully saturated rings. The van der Waals surface area contributed by atoms with Gasteiger partial charge in [-0.3, -0.25) is 0 Å². The molecule has 130 valence electrons. The maximum absolute atomic E-state index is 5.83. The summed E-state index contributed by atoms with van der Waals surface area (Å²) in [5.41, 5.74) is 1.20. The van der Waals surface area contributed by atoms with E-state index < -0.39 is 0 Å². The number of ether oxygens (including phenoxy) is 1. The molecule has 2 aromatic rings. The maximum Gasteiger partial charge on any atom is 0.191 e. The Morgan fingerprint density at radius 2 is 2.04 bits per heavy atom. The van der Waals surface area contributed by atoms with Gasteiger partial charge in [-0.05, 0) is 43.9 Å².